The van der Waals surface area contributed by atoms with Crippen molar-refractivity contribution in [3.05, 3.63) is 0 Å². The molecule has 17 nitrogen and oxygen atoms in total. The van der Waals surface area contributed by atoms with Crippen LogP contribution in [-0.4, -0.2) is 157 Å². The minimum absolute atomic E-state index is 0.677. The lowest BCUT2D eigenvalue weighted by molar-refractivity contribution is -0.398. The molecular formula is C18H35N3O14. The molecule has 0 spiro atoms. The third-order valence-corrected chi connectivity index (χ3v) is 6.44. The van der Waals surface area contributed by atoms with E-state index in [1.54, 1.807) is 0 Å². The summed E-state index contributed by atoms with van der Waals surface area (Å²) in [5, 5.41) is 89.9. The fourth-order valence-corrected chi connectivity index (χ4v) is 4.19. The Labute approximate surface area is 199 Å². The highest BCUT2D eigenvalue weighted by Crippen LogP contribution is 2.32. The van der Waals surface area contributed by atoms with Crippen LogP contribution in [0.4, 0.5) is 0 Å². The lowest BCUT2D eigenvalue weighted by Crippen LogP contribution is -2.71. The van der Waals surface area contributed by atoms with E-state index in [-0.39, 0.29) is 0 Å². The lowest BCUT2D eigenvalue weighted by Gasteiger charge is -2.49. The van der Waals surface area contributed by atoms with Gasteiger partial charge in [-0.25, -0.2) is 0 Å². The minimum atomic E-state index is -2.64. The molecule has 35 heavy (non-hydrogen) atoms. The molecule has 15 atom stereocenters. The van der Waals surface area contributed by atoms with Gasteiger partial charge < -0.3 is 86.8 Å². The molecule has 0 bridgehead atoms. The molecule has 0 aromatic heterocycles. The van der Waals surface area contributed by atoms with Crippen LogP contribution in [0, 0.1) is 0 Å². The first-order chi connectivity index (χ1) is 16.4. The van der Waals surface area contributed by atoms with Crippen LogP contribution >= 0.6 is 0 Å². The fraction of sp³-hybridized carbons (Fsp3) is 1.00. The van der Waals surface area contributed by atoms with Gasteiger partial charge in [0.25, 0.3) is 0 Å². The maximum absolute atomic E-state index is 10.8. The van der Waals surface area contributed by atoms with Crippen molar-refractivity contribution < 1.29 is 69.6 Å². The van der Waals surface area contributed by atoms with Crippen molar-refractivity contribution in [2.75, 3.05) is 19.8 Å². The highest BCUT2D eigenvalue weighted by Gasteiger charge is 2.55. The van der Waals surface area contributed by atoms with Gasteiger partial charge >= 0.3 is 0 Å². The second-order valence-electron chi connectivity index (χ2n) is 8.81. The molecule has 0 aromatic carbocycles. The van der Waals surface area contributed by atoms with Gasteiger partial charge in [-0.05, 0) is 0 Å². The van der Waals surface area contributed by atoms with E-state index in [0.29, 0.717) is 0 Å². The molecule has 3 aliphatic heterocycles. The Bertz CT molecular complexity index is 693. The van der Waals surface area contributed by atoms with Crippen molar-refractivity contribution in [2.45, 2.75) is 91.6 Å². The summed E-state index contributed by atoms with van der Waals surface area (Å²) < 4.78 is 27.0. The average Bonchev–Trinajstić information content (AvgIpc) is 2.85. The summed E-state index contributed by atoms with van der Waals surface area (Å²) in [6, 6.07) is -4.15. The summed E-state index contributed by atoms with van der Waals surface area (Å²) in [7, 11) is 0. The van der Waals surface area contributed by atoms with Gasteiger partial charge in [0.2, 0.25) is 5.79 Å². The Morgan fingerprint density at radius 2 is 1.17 bits per heavy atom. The van der Waals surface area contributed by atoms with Gasteiger partial charge in [-0.3, -0.25) is 0 Å². The third-order valence-electron chi connectivity index (χ3n) is 6.44. The monoisotopic (exact) mass is 517 g/mol. The van der Waals surface area contributed by atoms with Crippen molar-refractivity contribution in [3.8, 4) is 0 Å². The van der Waals surface area contributed by atoms with Crippen LogP contribution in [0.3, 0.4) is 0 Å². The Hall–Kier alpha value is -0.680. The van der Waals surface area contributed by atoms with E-state index in [2.05, 4.69) is 0 Å². The first-order valence-corrected chi connectivity index (χ1v) is 10.9. The van der Waals surface area contributed by atoms with Crippen LogP contribution in [0.2, 0.25) is 0 Å². The minimum Gasteiger partial charge on any atom is -0.394 e. The molecule has 206 valence electrons. The molecular weight excluding hydrogens is 482 g/mol. The van der Waals surface area contributed by atoms with E-state index < -0.39 is 111 Å². The number of nitrogens with two attached hydrogens (primary N) is 3. The molecule has 17 heteroatoms. The molecule has 3 rings (SSSR count). The van der Waals surface area contributed by atoms with E-state index >= 15 is 0 Å². The maximum Gasteiger partial charge on any atom is 0.221 e. The van der Waals surface area contributed by atoms with Crippen molar-refractivity contribution in [2.24, 2.45) is 17.2 Å². The second kappa shape index (κ2) is 11.4. The first-order valence-electron chi connectivity index (χ1n) is 10.9. The topological polar surface area (TPSA) is 306 Å². The highest BCUT2D eigenvalue weighted by molar-refractivity contribution is 4.99. The Kier molecular flexibility index (Phi) is 9.39. The average molecular weight is 517 g/mol. The van der Waals surface area contributed by atoms with Gasteiger partial charge in [-0.1, -0.05) is 0 Å². The largest absolute Gasteiger partial charge is 0.394 e. The summed E-state index contributed by atoms with van der Waals surface area (Å²) in [6.45, 7) is -2.57. The predicted octanol–water partition coefficient (Wildman–Crippen LogP) is -8.35. The molecule has 3 heterocycles. The SMILES string of the molecule is N[C@H]1[C@H](OC2[C@@H](CO)O[C@@H](O)[C@H](N)[C@H]2O)O[C@H](CO)C(O[C@H]2O[C@](O)(CO)C(O)[C@H](O)[C@H]2N)[C@@H]1O. The molecule has 0 aromatic rings. The van der Waals surface area contributed by atoms with Gasteiger partial charge in [0.05, 0.1) is 37.9 Å². The normalized spacial score (nSPS) is 53.5. The summed E-state index contributed by atoms with van der Waals surface area (Å²) in [5.74, 6) is -2.64. The Morgan fingerprint density at radius 3 is 1.71 bits per heavy atom. The van der Waals surface area contributed by atoms with Gasteiger partial charge in [0.1, 0.15) is 48.8 Å². The molecule has 0 amide bonds. The highest BCUT2D eigenvalue weighted by atomic mass is 16.8. The predicted molar refractivity (Wildman–Crippen MR) is 108 cm³/mol. The zero-order valence-electron chi connectivity index (χ0n) is 18.5. The third kappa shape index (κ3) is 5.47. The molecule has 0 radical (unpaired) electrons. The number of aliphatic hydroxyl groups is 9. The lowest BCUT2D eigenvalue weighted by atomic mass is 9.93. The van der Waals surface area contributed by atoms with Crippen LogP contribution in [0.5, 0.6) is 0 Å². The van der Waals surface area contributed by atoms with E-state index in [0.717, 1.165) is 0 Å². The Morgan fingerprint density at radius 1 is 0.686 bits per heavy atom. The number of hydrogen-bond acceptors (Lipinski definition) is 17. The van der Waals surface area contributed by atoms with E-state index in [9.17, 15) is 46.0 Å². The molecule has 15 N–H and O–H groups in total. The summed E-state index contributed by atoms with van der Waals surface area (Å²) in [4.78, 5) is 0. The summed E-state index contributed by atoms with van der Waals surface area (Å²) in [5.41, 5.74) is 17.5. The Balaban J connectivity index is 1.74. The molecule has 3 fully saturated rings. The van der Waals surface area contributed by atoms with Gasteiger partial charge in [-0.2, -0.15) is 0 Å². The molecule has 3 aliphatic rings. The second-order valence-corrected chi connectivity index (χ2v) is 8.81. The van der Waals surface area contributed by atoms with Gasteiger partial charge in [0.15, 0.2) is 18.9 Å². The van der Waals surface area contributed by atoms with E-state index in [4.69, 9.17) is 40.9 Å². The van der Waals surface area contributed by atoms with Crippen LogP contribution in [0.1, 0.15) is 0 Å². The number of rotatable bonds is 7. The van der Waals surface area contributed by atoms with Gasteiger partial charge in [-0.15, -0.1) is 0 Å². The molecule has 0 aliphatic carbocycles. The van der Waals surface area contributed by atoms with Crippen LogP contribution in [0.25, 0.3) is 0 Å². The zero-order valence-corrected chi connectivity index (χ0v) is 18.5. The van der Waals surface area contributed by atoms with Crippen LogP contribution in [-0.2, 0) is 23.7 Å². The fourth-order valence-electron chi connectivity index (χ4n) is 4.19. The van der Waals surface area contributed by atoms with Gasteiger partial charge in [0, 0.05) is 0 Å². The number of ether oxygens (including phenoxy) is 5. The van der Waals surface area contributed by atoms with Crippen molar-refractivity contribution in [1.82, 2.24) is 0 Å². The number of hydrogen-bond donors (Lipinski definition) is 12. The maximum atomic E-state index is 10.8. The van der Waals surface area contributed by atoms with E-state index in [1.807, 2.05) is 0 Å². The van der Waals surface area contributed by atoms with E-state index in [1.165, 1.54) is 0 Å². The van der Waals surface area contributed by atoms with Crippen molar-refractivity contribution in [1.29, 1.82) is 0 Å². The summed E-state index contributed by atoms with van der Waals surface area (Å²) >= 11 is 0. The van der Waals surface area contributed by atoms with Crippen molar-refractivity contribution >= 4 is 0 Å². The molecule has 0 saturated carbocycles. The number of aliphatic hydroxyl groups excluding tert-OH is 8. The molecule has 3 saturated heterocycles. The van der Waals surface area contributed by atoms with Crippen LogP contribution in [0.15, 0.2) is 0 Å². The quantitative estimate of drug-likeness (QED) is 0.149. The standard InChI is InChI=1S/C18H35N3O14/c19-6-9(25)12(4(1-22)31-15(6)29)33-16-7(20)10(26)13(5(2-23)32-16)34-17-8(21)11(27)14(28)18(30,3-24)35-17/h4-17,22-30H,1-3,19-21H2/t4-,5-,6-,7-,8-,9-,10-,11-,12?,13?,14?,15-,16+,17+,18-/m1/s1. The summed E-state index contributed by atoms with van der Waals surface area (Å²) in [6.07, 6.45) is -17.1. The molecule has 3 unspecified atom stereocenters. The van der Waals surface area contributed by atoms with Crippen LogP contribution < -0.4 is 17.2 Å². The smallest absolute Gasteiger partial charge is 0.221 e. The van der Waals surface area contributed by atoms with Crippen molar-refractivity contribution in [3.63, 3.8) is 0 Å². The zero-order chi connectivity index (χ0) is 26.2. The first kappa shape index (κ1) is 28.9.